The molecule has 4 rings (SSSR count). The Labute approximate surface area is 241 Å². The van der Waals surface area contributed by atoms with Gasteiger partial charge in [0.2, 0.25) is 0 Å². The molecule has 0 radical (unpaired) electrons. The number of anilines is 2. The van der Waals surface area contributed by atoms with Crippen LogP contribution < -0.4 is 15.5 Å². The molecule has 0 atom stereocenters. The molecule has 2 fully saturated rings. The Morgan fingerprint density at radius 3 is 2.31 bits per heavy atom. The monoisotopic (exact) mass is 593 g/mol. The van der Waals surface area contributed by atoms with Crippen molar-refractivity contribution in [3.05, 3.63) is 53.2 Å². The molecule has 11 nitrogen and oxygen atoms in total. The minimum absolute atomic E-state index is 0.139. The maximum atomic E-state index is 13.6. The number of carboxylic acids is 1. The number of hydrogen-bond acceptors (Lipinski definition) is 8. The summed E-state index contributed by atoms with van der Waals surface area (Å²) in [4.78, 5) is 55.9. The number of alkyl halides is 3. The summed E-state index contributed by atoms with van der Waals surface area (Å²) in [5, 5.41) is 13.3. The van der Waals surface area contributed by atoms with Gasteiger partial charge in [-0.05, 0) is 44.9 Å². The van der Waals surface area contributed by atoms with Crippen LogP contribution in [0.15, 0.2) is 36.5 Å². The number of amides is 2. The Morgan fingerprint density at radius 2 is 1.74 bits per heavy atom. The third kappa shape index (κ3) is 8.90. The van der Waals surface area contributed by atoms with E-state index in [1.165, 1.54) is 0 Å². The first-order valence-electron chi connectivity index (χ1n) is 13.5. The fourth-order valence-electron chi connectivity index (χ4n) is 4.55. The van der Waals surface area contributed by atoms with E-state index < -0.39 is 12.1 Å². The van der Waals surface area contributed by atoms with Crippen molar-refractivity contribution < 1.29 is 42.2 Å². The van der Waals surface area contributed by atoms with E-state index in [1.54, 1.807) is 30.2 Å². The number of carbonyl (C=O) groups is 4. The van der Waals surface area contributed by atoms with Crippen LogP contribution in [0, 0.1) is 12.8 Å². The number of aryl methyl sites for hydroxylation is 1. The number of piperazine rings is 1. The topological polar surface area (TPSA) is 141 Å². The van der Waals surface area contributed by atoms with Crippen LogP contribution in [-0.2, 0) is 14.3 Å². The highest BCUT2D eigenvalue weighted by atomic mass is 19.4. The maximum Gasteiger partial charge on any atom is 0.490 e. The van der Waals surface area contributed by atoms with Crippen LogP contribution in [0.3, 0.4) is 0 Å². The number of halogens is 3. The first kappa shape index (κ1) is 32.3. The van der Waals surface area contributed by atoms with Crippen molar-refractivity contribution in [1.82, 2.24) is 15.2 Å². The summed E-state index contributed by atoms with van der Waals surface area (Å²) in [6.07, 6.45) is -2.33. The Bertz CT molecular complexity index is 1270. The molecule has 2 amide bonds. The normalized spacial score (nSPS) is 15.7. The summed E-state index contributed by atoms with van der Waals surface area (Å²) in [6, 6.07) is 9.06. The molecule has 2 saturated heterocycles. The molecular weight excluding hydrogens is 559 g/mol. The van der Waals surface area contributed by atoms with Gasteiger partial charge >= 0.3 is 18.1 Å². The van der Waals surface area contributed by atoms with E-state index in [0.717, 1.165) is 31.7 Å². The molecule has 42 heavy (non-hydrogen) atoms. The van der Waals surface area contributed by atoms with E-state index in [2.05, 4.69) is 20.5 Å². The number of likely N-dealkylation sites (tertiary alicyclic amines) is 1. The SMILES string of the molecule is CCOC(=O)C1CCN(C(=O)c2cc(NC(=O)c3cccc(C)c3)cnc2N2CCNCC2)CC1.O=C(O)C(F)(F)F. The van der Waals surface area contributed by atoms with Crippen molar-refractivity contribution in [2.45, 2.75) is 32.9 Å². The molecule has 1 aromatic heterocycles. The number of ether oxygens (including phenoxy) is 1. The lowest BCUT2D eigenvalue weighted by Crippen LogP contribution is -2.45. The Hall–Kier alpha value is -4.20. The van der Waals surface area contributed by atoms with Gasteiger partial charge < -0.3 is 30.3 Å². The van der Waals surface area contributed by atoms with Gasteiger partial charge in [0.25, 0.3) is 11.8 Å². The molecular formula is C28H34F3N5O6. The predicted molar refractivity (Wildman–Crippen MR) is 147 cm³/mol. The van der Waals surface area contributed by atoms with Gasteiger partial charge in [-0.15, -0.1) is 0 Å². The summed E-state index contributed by atoms with van der Waals surface area (Å²) in [5.74, 6) is -2.89. The molecule has 3 N–H and O–H groups in total. The van der Waals surface area contributed by atoms with Crippen LogP contribution in [0.2, 0.25) is 0 Å². The number of carbonyl (C=O) groups excluding carboxylic acids is 3. The highest BCUT2D eigenvalue weighted by molar-refractivity contribution is 6.06. The standard InChI is InChI=1S/C26H33N5O4.C2HF3O2/c1-3-35-26(34)19-7-11-31(12-8-19)25(33)22-16-21(17-28-23(22)30-13-9-27-10-14-30)29-24(32)20-6-4-5-18(2)15-20;3-2(4,5)1(6)7/h4-6,15-17,19,27H,3,7-14H2,1-2H3,(H,29,32);(H,6,7). The third-order valence-corrected chi connectivity index (χ3v) is 6.70. The number of piperidine rings is 1. The number of pyridine rings is 1. The summed E-state index contributed by atoms with van der Waals surface area (Å²) < 4.78 is 36.9. The van der Waals surface area contributed by atoms with Crippen LogP contribution in [0.4, 0.5) is 24.7 Å². The van der Waals surface area contributed by atoms with E-state index in [4.69, 9.17) is 14.6 Å². The highest BCUT2D eigenvalue weighted by Gasteiger charge is 2.38. The first-order valence-corrected chi connectivity index (χ1v) is 13.5. The van der Waals surface area contributed by atoms with Gasteiger partial charge in [0.15, 0.2) is 0 Å². The molecule has 2 aliphatic heterocycles. The fraction of sp³-hybridized carbons (Fsp3) is 0.464. The number of carboxylic acid groups (broad SMARTS) is 1. The lowest BCUT2D eigenvalue weighted by Gasteiger charge is -2.33. The van der Waals surface area contributed by atoms with Crippen molar-refractivity contribution in [1.29, 1.82) is 0 Å². The van der Waals surface area contributed by atoms with E-state index >= 15 is 0 Å². The minimum Gasteiger partial charge on any atom is -0.475 e. The van der Waals surface area contributed by atoms with Crippen LogP contribution in [-0.4, -0.2) is 90.8 Å². The summed E-state index contributed by atoms with van der Waals surface area (Å²) in [7, 11) is 0. The van der Waals surface area contributed by atoms with Gasteiger partial charge in [0, 0.05) is 44.8 Å². The zero-order valence-corrected chi connectivity index (χ0v) is 23.4. The molecule has 14 heteroatoms. The van der Waals surface area contributed by atoms with Crippen molar-refractivity contribution >= 4 is 35.3 Å². The highest BCUT2D eigenvalue weighted by Crippen LogP contribution is 2.27. The number of benzene rings is 1. The van der Waals surface area contributed by atoms with Gasteiger partial charge in [-0.3, -0.25) is 14.4 Å². The van der Waals surface area contributed by atoms with Crippen LogP contribution >= 0.6 is 0 Å². The second-order valence-corrected chi connectivity index (χ2v) is 9.78. The quantitative estimate of drug-likeness (QED) is 0.431. The lowest BCUT2D eigenvalue weighted by molar-refractivity contribution is -0.192. The molecule has 3 heterocycles. The average Bonchev–Trinajstić information content (AvgIpc) is 2.97. The van der Waals surface area contributed by atoms with E-state index in [0.29, 0.717) is 55.2 Å². The number of aliphatic carboxylic acids is 1. The second-order valence-electron chi connectivity index (χ2n) is 9.78. The fourth-order valence-corrected chi connectivity index (χ4v) is 4.55. The van der Waals surface area contributed by atoms with Gasteiger partial charge in [-0.25, -0.2) is 9.78 Å². The van der Waals surface area contributed by atoms with Crippen molar-refractivity contribution in [3.8, 4) is 0 Å². The number of hydrogen-bond donors (Lipinski definition) is 3. The number of nitrogens with zero attached hydrogens (tertiary/aromatic N) is 3. The molecule has 0 bridgehead atoms. The van der Waals surface area contributed by atoms with Gasteiger partial charge in [-0.2, -0.15) is 13.2 Å². The third-order valence-electron chi connectivity index (χ3n) is 6.70. The number of nitrogens with one attached hydrogen (secondary N) is 2. The molecule has 0 spiro atoms. The maximum absolute atomic E-state index is 13.6. The molecule has 0 unspecified atom stereocenters. The van der Waals surface area contributed by atoms with Gasteiger partial charge in [0.05, 0.1) is 30.0 Å². The smallest absolute Gasteiger partial charge is 0.475 e. The van der Waals surface area contributed by atoms with E-state index in [1.807, 2.05) is 25.1 Å². The van der Waals surface area contributed by atoms with Crippen molar-refractivity contribution in [2.24, 2.45) is 5.92 Å². The average molecular weight is 594 g/mol. The van der Waals surface area contributed by atoms with Gasteiger partial charge in [0.1, 0.15) is 5.82 Å². The summed E-state index contributed by atoms with van der Waals surface area (Å²) >= 11 is 0. The first-order chi connectivity index (χ1) is 19.9. The van der Waals surface area contributed by atoms with E-state index in [9.17, 15) is 27.6 Å². The Balaban J connectivity index is 0.000000616. The second kappa shape index (κ2) is 14.6. The molecule has 2 aliphatic rings. The zero-order chi connectivity index (χ0) is 30.9. The Kier molecular flexibility index (Phi) is 11.2. The van der Waals surface area contributed by atoms with Crippen molar-refractivity contribution in [2.75, 3.05) is 56.1 Å². The lowest BCUT2D eigenvalue weighted by atomic mass is 9.96. The number of aromatic nitrogens is 1. The van der Waals surface area contributed by atoms with Crippen LogP contribution in [0.5, 0.6) is 0 Å². The molecule has 0 aliphatic carbocycles. The predicted octanol–water partition coefficient (Wildman–Crippen LogP) is 3.10. The van der Waals surface area contributed by atoms with Crippen LogP contribution in [0.25, 0.3) is 0 Å². The molecule has 1 aromatic carbocycles. The number of rotatable bonds is 6. The number of esters is 1. The summed E-state index contributed by atoms with van der Waals surface area (Å²) in [5.41, 5.74) is 2.47. The molecule has 0 saturated carbocycles. The van der Waals surface area contributed by atoms with Gasteiger partial charge in [-0.1, -0.05) is 17.7 Å². The van der Waals surface area contributed by atoms with Crippen molar-refractivity contribution in [3.63, 3.8) is 0 Å². The van der Waals surface area contributed by atoms with E-state index in [-0.39, 0.29) is 23.7 Å². The zero-order valence-electron chi connectivity index (χ0n) is 23.4. The van der Waals surface area contributed by atoms with Crippen LogP contribution in [0.1, 0.15) is 46.0 Å². The Morgan fingerprint density at radius 1 is 1.10 bits per heavy atom. The molecule has 2 aromatic rings. The summed E-state index contributed by atoms with van der Waals surface area (Å²) in [6.45, 7) is 8.15. The molecule has 228 valence electrons. The largest absolute Gasteiger partial charge is 0.490 e. The minimum atomic E-state index is -5.08.